The predicted octanol–water partition coefficient (Wildman–Crippen LogP) is 4.26. The van der Waals surface area contributed by atoms with E-state index < -0.39 is 0 Å². The molecule has 3 heteroatoms. The van der Waals surface area contributed by atoms with Crippen LogP contribution in [-0.2, 0) is 13.1 Å². The van der Waals surface area contributed by atoms with Crippen molar-refractivity contribution in [2.75, 3.05) is 19.6 Å². The summed E-state index contributed by atoms with van der Waals surface area (Å²) in [5, 5.41) is 0. The Bertz CT molecular complexity index is 749. The van der Waals surface area contributed by atoms with E-state index in [2.05, 4.69) is 65.3 Å². The first-order valence-corrected chi connectivity index (χ1v) is 10.6. The van der Waals surface area contributed by atoms with E-state index in [0.717, 1.165) is 45.1 Å². The Morgan fingerprint density at radius 3 is 2.07 bits per heavy atom. The summed E-state index contributed by atoms with van der Waals surface area (Å²) in [6.45, 7) is 7.94. The molecule has 3 nitrogen and oxygen atoms in total. The van der Waals surface area contributed by atoms with Gasteiger partial charge in [-0.15, -0.1) is 0 Å². The SMILES string of the molecule is CC1CCCN1Cc1cccc(-c2cccc(CN3CCC(N)CC3)c2)c1. The third-order valence-corrected chi connectivity index (χ3v) is 6.30. The van der Waals surface area contributed by atoms with Gasteiger partial charge in [-0.25, -0.2) is 0 Å². The van der Waals surface area contributed by atoms with E-state index in [0.29, 0.717) is 6.04 Å². The molecule has 1 unspecified atom stereocenters. The van der Waals surface area contributed by atoms with E-state index >= 15 is 0 Å². The van der Waals surface area contributed by atoms with Gasteiger partial charge in [-0.05, 0) is 86.6 Å². The van der Waals surface area contributed by atoms with Gasteiger partial charge in [0.1, 0.15) is 0 Å². The predicted molar refractivity (Wildman–Crippen MR) is 113 cm³/mol. The third-order valence-electron chi connectivity index (χ3n) is 6.30. The van der Waals surface area contributed by atoms with Gasteiger partial charge in [0.2, 0.25) is 0 Å². The van der Waals surface area contributed by atoms with Crippen LogP contribution in [0.4, 0.5) is 0 Å². The zero-order chi connectivity index (χ0) is 18.6. The Morgan fingerprint density at radius 1 is 0.852 bits per heavy atom. The van der Waals surface area contributed by atoms with Crippen LogP contribution >= 0.6 is 0 Å². The number of nitrogens with two attached hydrogens (primary N) is 1. The minimum atomic E-state index is 0.397. The third kappa shape index (κ3) is 4.78. The Kier molecular flexibility index (Phi) is 5.92. The lowest BCUT2D eigenvalue weighted by Crippen LogP contribution is -2.39. The molecule has 4 rings (SSSR count). The molecule has 0 amide bonds. The highest BCUT2D eigenvalue weighted by molar-refractivity contribution is 5.65. The molecule has 2 aliphatic heterocycles. The Hall–Kier alpha value is -1.68. The molecular formula is C24H33N3. The minimum absolute atomic E-state index is 0.397. The summed E-state index contributed by atoms with van der Waals surface area (Å²) < 4.78 is 0. The lowest BCUT2D eigenvalue weighted by atomic mass is 10.00. The summed E-state index contributed by atoms with van der Waals surface area (Å²) in [6.07, 6.45) is 4.92. The topological polar surface area (TPSA) is 32.5 Å². The van der Waals surface area contributed by atoms with Crippen LogP contribution < -0.4 is 5.73 Å². The molecule has 1 atom stereocenters. The fraction of sp³-hybridized carbons (Fsp3) is 0.500. The fourth-order valence-corrected chi connectivity index (χ4v) is 4.53. The van der Waals surface area contributed by atoms with Gasteiger partial charge in [-0.1, -0.05) is 36.4 Å². The quantitative estimate of drug-likeness (QED) is 0.861. The van der Waals surface area contributed by atoms with Crippen molar-refractivity contribution in [2.24, 2.45) is 5.73 Å². The highest BCUT2D eigenvalue weighted by Gasteiger charge is 2.20. The standard InChI is InChI=1S/C24H33N3/c1-19-5-4-12-27(19)18-21-7-3-9-23(16-21)22-8-2-6-20(15-22)17-26-13-10-24(25)11-14-26/h2-3,6-9,15-16,19,24H,4-5,10-14,17-18,25H2,1H3. The lowest BCUT2D eigenvalue weighted by Gasteiger charge is -2.30. The van der Waals surface area contributed by atoms with Gasteiger partial charge < -0.3 is 5.73 Å². The van der Waals surface area contributed by atoms with E-state index in [-0.39, 0.29) is 0 Å². The maximum Gasteiger partial charge on any atom is 0.0236 e. The normalized spacial score (nSPS) is 22.4. The molecular weight excluding hydrogens is 330 g/mol. The Balaban J connectivity index is 1.46. The first-order chi connectivity index (χ1) is 13.2. The maximum absolute atomic E-state index is 6.04. The monoisotopic (exact) mass is 363 g/mol. The number of rotatable bonds is 5. The van der Waals surface area contributed by atoms with Crippen LogP contribution in [0.15, 0.2) is 48.5 Å². The van der Waals surface area contributed by atoms with E-state index in [1.54, 1.807) is 0 Å². The highest BCUT2D eigenvalue weighted by atomic mass is 15.2. The van der Waals surface area contributed by atoms with Crippen LogP contribution in [0.1, 0.15) is 43.7 Å². The van der Waals surface area contributed by atoms with Crippen LogP contribution in [0, 0.1) is 0 Å². The molecule has 2 saturated heterocycles. The smallest absolute Gasteiger partial charge is 0.0236 e. The summed E-state index contributed by atoms with van der Waals surface area (Å²) in [7, 11) is 0. The molecule has 0 bridgehead atoms. The number of benzene rings is 2. The second kappa shape index (κ2) is 8.55. The summed E-state index contributed by atoms with van der Waals surface area (Å²) in [5.74, 6) is 0. The molecule has 2 fully saturated rings. The highest BCUT2D eigenvalue weighted by Crippen LogP contribution is 2.25. The molecule has 2 aromatic carbocycles. The zero-order valence-corrected chi connectivity index (χ0v) is 16.6. The van der Waals surface area contributed by atoms with Crippen molar-refractivity contribution in [1.82, 2.24) is 9.80 Å². The molecule has 2 heterocycles. The van der Waals surface area contributed by atoms with E-state index in [4.69, 9.17) is 5.73 Å². The van der Waals surface area contributed by atoms with Crippen molar-refractivity contribution in [3.63, 3.8) is 0 Å². The van der Waals surface area contributed by atoms with Crippen LogP contribution in [0.25, 0.3) is 11.1 Å². The molecule has 2 aromatic rings. The fourth-order valence-electron chi connectivity index (χ4n) is 4.53. The molecule has 144 valence electrons. The van der Waals surface area contributed by atoms with Gasteiger partial charge in [-0.2, -0.15) is 0 Å². The number of nitrogens with zero attached hydrogens (tertiary/aromatic N) is 2. The molecule has 0 aliphatic carbocycles. The van der Waals surface area contributed by atoms with Gasteiger partial charge >= 0.3 is 0 Å². The summed E-state index contributed by atoms with van der Waals surface area (Å²) in [6, 6.07) is 19.3. The van der Waals surface area contributed by atoms with Crippen molar-refractivity contribution in [2.45, 2.75) is 57.8 Å². The minimum Gasteiger partial charge on any atom is -0.328 e. The summed E-state index contributed by atoms with van der Waals surface area (Å²) >= 11 is 0. The summed E-state index contributed by atoms with van der Waals surface area (Å²) in [5.41, 5.74) is 11.5. The largest absolute Gasteiger partial charge is 0.328 e. The van der Waals surface area contributed by atoms with E-state index in [1.807, 2.05) is 0 Å². The summed E-state index contributed by atoms with van der Waals surface area (Å²) in [4.78, 5) is 5.14. The number of hydrogen-bond acceptors (Lipinski definition) is 3. The molecule has 0 saturated carbocycles. The molecule has 2 aliphatic rings. The second-order valence-corrected chi connectivity index (χ2v) is 8.48. The first kappa shape index (κ1) is 18.7. The Morgan fingerprint density at radius 2 is 1.48 bits per heavy atom. The molecule has 27 heavy (non-hydrogen) atoms. The van der Waals surface area contributed by atoms with Crippen molar-refractivity contribution >= 4 is 0 Å². The molecule has 0 spiro atoms. The van der Waals surface area contributed by atoms with Gasteiger partial charge in [0.25, 0.3) is 0 Å². The van der Waals surface area contributed by atoms with Gasteiger partial charge in [0.05, 0.1) is 0 Å². The van der Waals surface area contributed by atoms with Gasteiger partial charge in [0.15, 0.2) is 0 Å². The van der Waals surface area contributed by atoms with Crippen molar-refractivity contribution in [3.8, 4) is 11.1 Å². The first-order valence-electron chi connectivity index (χ1n) is 10.6. The second-order valence-electron chi connectivity index (χ2n) is 8.48. The van der Waals surface area contributed by atoms with Gasteiger partial charge in [-0.3, -0.25) is 9.80 Å². The van der Waals surface area contributed by atoms with Crippen LogP contribution in [-0.4, -0.2) is 41.5 Å². The Labute approximate surface area is 164 Å². The van der Waals surface area contributed by atoms with Crippen LogP contribution in [0.2, 0.25) is 0 Å². The lowest BCUT2D eigenvalue weighted by molar-refractivity contribution is 0.205. The average molecular weight is 364 g/mol. The van der Waals surface area contributed by atoms with E-state index in [9.17, 15) is 0 Å². The average Bonchev–Trinajstić information content (AvgIpc) is 3.09. The van der Waals surface area contributed by atoms with Crippen molar-refractivity contribution < 1.29 is 0 Å². The van der Waals surface area contributed by atoms with E-state index in [1.165, 1.54) is 41.6 Å². The van der Waals surface area contributed by atoms with Crippen molar-refractivity contribution in [1.29, 1.82) is 0 Å². The number of likely N-dealkylation sites (tertiary alicyclic amines) is 2. The van der Waals surface area contributed by atoms with Crippen LogP contribution in [0.3, 0.4) is 0 Å². The van der Waals surface area contributed by atoms with Crippen LogP contribution in [0.5, 0.6) is 0 Å². The maximum atomic E-state index is 6.04. The molecule has 0 aromatic heterocycles. The zero-order valence-electron chi connectivity index (χ0n) is 16.6. The number of hydrogen-bond donors (Lipinski definition) is 1. The van der Waals surface area contributed by atoms with Gasteiger partial charge in [0, 0.05) is 25.2 Å². The number of piperidine rings is 1. The molecule has 2 N–H and O–H groups in total. The molecule has 0 radical (unpaired) electrons. The van der Waals surface area contributed by atoms with Crippen molar-refractivity contribution in [3.05, 3.63) is 59.7 Å².